The second-order valence-corrected chi connectivity index (χ2v) is 7.30. The minimum absolute atomic E-state index is 0.156. The Kier molecular flexibility index (Phi) is 5.27. The lowest BCUT2D eigenvalue weighted by molar-refractivity contribution is -0.384. The Bertz CT molecular complexity index is 1240. The number of non-ortho nitro benzene ring substituents is 1. The van der Waals surface area contributed by atoms with Gasteiger partial charge in [0.1, 0.15) is 5.76 Å². The number of anilines is 1. The minimum Gasteiger partial charge on any atom is -0.507 e. The number of nitro benzene ring substituents is 1. The Hall–Kier alpha value is -3.97. The van der Waals surface area contributed by atoms with Crippen LogP contribution in [0.1, 0.15) is 17.2 Å². The first-order chi connectivity index (χ1) is 14.9. The van der Waals surface area contributed by atoms with Crippen LogP contribution in [0.2, 0.25) is 5.02 Å². The molecule has 8 heteroatoms. The number of halogens is 1. The van der Waals surface area contributed by atoms with E-state index in [9.17, 15) is 24.8 Å². The number of carbonyl (C=O) groups is 2. The molecule has 31 heavy (non-hydrogen) atoms. The summed E-state index contributed by atoms with van der Waals surface area (Å²) in [7, 11) is 0. The van der Waals surface area contributed by atoms with Gasteiger partial charge in [0.2, 0.25) is 0 Å². The van der Waals surface area contributed by atoms with Crippen molar-refractivity contribution in [3.8, 4) is 0 Å². The van der Waals surface area contributed by atoms with Gasteiger partial charge in [-0.15, -0.1) is 0 Å². The summed E-state index contributed by atoms with van der Waals surface area (Å²) >= 11 is 6.09. The smallest absolute Gasteiger partial charge is 0.300 e. The van der Waals surface area contributed by atoms with Crippen molar-refractivity contribution >= 4 is 40.4 Å². The third-order valence-electron chi connectivity index (χ3n) is 4.97. The standard InChI is InChI=1S/C23H15ClN2O5/c24-16-9-5-10-17(13-16)25-20(15-8-4-11-18(12-15)26(30)31)19(22(28)23(25)29)21(27)14-6-2-1-3-7-14/h1-13,20,27H/t20-/m1/s1. The summed E-state index contributed by atoms with van der Waals surface area (Å²) in [6, 6.07) is 19.2. The zero-order valence-corrected chi connectivity index (χ0v) is 16.7. The molecule has 1 fully saturated rings. The fourth-order valence-electron chi connectivity index (χ4n) is 3.60. The number of carbonyl (C=O) groups excluding carboxylic acids is 2. The predicted molar refractivity (Wildman–Crippen MR) is 116 cm³/mol. The molecule has 1 amide bonds. The van der Waals surface area contributed by atoms with E-state index in [4.69, 9.17) is 11.6 Å². The quantitative estimate of drug-likeness (QED) is 0.207. The van der Waals surface area contributed by atoms with E-state index in [1.54, 1.807) is 54.6 Å². The highest BCUT2D eigenvalue weighted by Gasteiger charge is 2.47. The molecule has 1 saturated heterocycles. The summed E-state index contributed by atoms with van der Waals surface area (Å²) in [6.07, 6.45) is 0. The molecule has 0 aliphatic carbocycles. The minimum atomic E-state index is -1.07. The first-order valence-corrected chi connectivity index (χ1v) is 9.62. The zero-order chi connectivity index (χ0) is 22.1. The van der Waals surface area contributed by atoms with Crippen LogP contribution < -0.4 is 4.90 Å². The van der Waals surface area contributed by atoms with Crippen LogP contribution in [0.3, 0.4) is 0 Å². The van der Waals surface area contributed by atoms with Crippen molar-refractivity contribution in [3.63, 3.8) is 0 Å². The molecule has 1 aliphatic heterocycles. The van der Waals surface area contributed by atoms with Crippen LogP contribution in [-0.4, -0.2) is 21.7 Å². The number of nitro groups is 1. The van der Waals surface area contributed by atoms with Gasteiger partial charge in [-0.25, -0.2) is 0 Å². The van der Waals surface area contributed by atoms with Crippen molar-refractivity contribution < 1.29 is 19.6 Å². The van der Waals surface area contributed by atoms with E-state index in [0.29, 0.717) is 21.8 Å². The lowest BCUT2D eigenvalue weighted by Crippen LogP contribution is -2.29. The number of benzene rings is 3. The Labute approximate surface area is 182 Å². The second-order valence-electron chi connectivity index (χ2n) is 6.87. The molecule has 1 N–H and O–H groups in total. The summed E-state index contributed by atoms with van der Waals surface area (Å²) in [5.41, 5.74) is 0.636. The molecule has 1 atom stereocenters. The van der Waals surface area contributed by atoms with Gasteiger partial charge in [-0.3, -0.25) is 24.6 Å². The number of amides is 1. The van der Waals surface area contributed by atoms with Crippen molar-refractivity contribution in [3.05, 3.63) is 111 Å². The normalized spacial score (nSPS) is 17.7. The van der Waals surface area contributed by atoms with Crippen molar-refractivity contribution in [2.75, 3.05) is 4.90 Å². The lowest BCUT2D eigenvalue weighted by atomic mass is 9.95. The molecule has 154 valence electrons. The van der Waals surface area contributed by atoms with E-state index in [1.165, 1.54) is 29.2 Å². The van der Waals surface area contributed by atoms with Crippen molar-refractivity contribution in [2.24, 2.45) is 0 Å². The number of aliphatic hydroxyl groups excluding tert-OH is 1. The molecule has 0 saturated carbocycles. The monoisotopic (exact) mass is 434 g/mol. The van der Waals surface area contributed by atoms with Gasteiger partial charge < -0.3 is 5.11 Å². The number of nitrogens with zero attached hydrogens (tertiary/aromatic N) is 2. The highest BCUT2D eigenvalue weighted by atomic mass is 35.5. The molecule has 0 bridgehead atoms. The summed E-state index contributed by atoms with van der Waals surface area (Å²) in [5, 5.41) is 22.6. The topological polar surface area (TPSA) is 101 Å². The molecule has 4 rings (SSSR count). The number of hydrogen-bond acceptors (Lipinski definition) is 5. The first kappa shape index (κ1) is 20.3. The summed E-state index contributed by atoms with van der Waals surface area (Å²) in [5.74, 6) is -2.12. The molecule has 3 aromatic rings. The van der Waals surface area contributed by atoms with Gasteiger partial charge >= 0.3 is 0 Å². The average molecular weight is 435 g/mol. The van der Waals surface area contributed by atoms with Gasteiger partial charge in [-0.05, 0) is 23.8 Å². The molecule has 7 nitrogen and oxygen atoms in total. The third-order valence-corrected chi connectivity index (χ3v) is 5.21. The van der Waals surface area contributed by atoms with E-state index in [1.807, 2.05) is 0 Å². The molecule has 0 unspecified atom stereocenters. The summed E-state index contributed by atoms with van der Waals surface area (Å²) in [6.45, 7) is 0. The number of ketones is 1. The van der Waals surface area contributed by atoms with E-state index in [-0.39, 0.29) is 17.0 Å². The maximum absolute atomic E-state index is 13.0. The molecule has 1 heterocycles. The Morgan fingerprint density at radius 2 is 1.68 bits per heavy atom. The van der Waals surface area contributed by atoms with Crippen LogP contribution in [0.4, 0.5) is 11.4 Å². The van der Waals surface area contributed by atoms with Crippen LogP contribution in [0.15, 0.2) is 84.4 Å². The van der Waals surface area contributed by atoms with E-state index >= 15 is 0 Å². The Morgan fingerprint density at radius 3 is 2.35 bits per heavy atom. The maximum atomic E-state index is 13.0. The molecule has 1 aliphatic rings. The first-order valence-electron chi connectivity index (χ1n) is 9.25. The van der Waals surface area contributed by atoms with Gasteiger partial charge in [0.05, 0.1) is 16.5 Å². The van der Waals surface area contributed by atoms with Crippen LogP contribution in [-0.2, 0) is 9.59 Å². The average Bonchev–Trinajstić information content (AvgIpc) is 3.04. The number of rotatable bonds is 4. The highest BCUT2D eigenvalue weighted by molar-refractivity contribution is 6.51. The summed E-state index contributed by atoms with van der Waals surface area (Å²) in [4.78, 5) is 38.0. The number of aliphatic hydroxyl groups is 1. The Morgan fingerprint density at radius 1 is 0.968 bits per heavy atom. The number of Topliss-reactive ketones (excluding diaryl/α,β-unsaturated/α-hetero) is 1. The van der Waals surface area contributed by atoms with Crippen LogP contribution in [0.5, 0.6) is 0 Å². The molecule has 0 radical (unpaired) electrons. The lowest BCUT2D eigenvalue weighted by Gasteiger charge is -2.25. The second kappa shape index (κ2) is 8.04. The predicted octanol–water partition coefficient (Wildman–Crippen LogP) is 4.87. The fraction of sp³-hybridized carbons (Fsp3) is 0.0435. The van der Waals surface area contributed by atoms with Crippen molar-refractivity contribution in [1.82, 2.24) is 0 Å². The zero-order valence-electron chi connectivity index (χ0n) is 15.9. The van der Waals surface area contributed by atoms with Crippen LogP contribution >= 0.6 is 11.6 Å². The SMILES string of the molecule is O=C1C(=O)N(c2cccc(Cl)c2)[C@H](c2cccc([N+](=O)[O-])c2)C1=C(O)c1ccccc1. The van der Waals surface area contributed by atoms with Crippen molar-refractivity contribution in [2.45, 2.75) is 6.04 Å². The highest BCUT2D eigenvalue weighted by Crippen LogP contribution is 2.43. The molecular formula is C23H15ClN2O5. The van der Waals surface area contributed by atoms with E-state index in [2.05, 4.69) is 0 Å². The van der Waals surface area contributed by atoms with Crippen LogP contribution in [0.25, 0.3) is 5.76 Å². The molecule has 0 aromatic heterocycles. The van der Waals surface area contributed by atoms with Gasteiger partial charge in [-0.1, -0.05) is 60.1 Å². The van der Waals surface area contributed by atoms with Gasteiger partial charge in [-0.2, -0.15) is 0 Å². The number of hydrogen-bond donors (Lipinski definition) is 1. The van der Waals surface area contributed by atoms with Gasteiger partial charge in [0.25, 0.3) is 17.4 Å². The maximum Gasteiger partial charge on any atom is 0.300 e. The Balaban J connectivity index is 1.98. The molecular weight excluding hydrogens is 420 g/mol. The molecule has 0 spiro atoms. The largest absolute Gasteiger partial charge is 0.507 e. The van der Waals surface area contributed by atoms with Crippen molar-refractivity contribution in [1.29, 1.82) is 0 Å². The fourth-order valence-corrected chi connectivity index (χ4v) is 3.78. The van der Waals surface area contributed by atoms with Gasteiger partial charge in [0.15, 0.2) is 0 Å². The molecule has 3 aromatic carbocycles. The summed E-state index contributed by atoms with van der Waals surface area (Å²) < 4.78 is 0. The van der Waals surface area contributed by atoms with Gasteiger partial charge in [0, 0.05) is 28.4 Å². The third kappa shape index (κ3) is 3.67. The van der Waals surface area contributed by atoms with E-state index < -0.39 is 22.7 Å². The van der Waals surface area contributed by atoms with Crippen LogP contribution in [0, 0.1) is 10.1 Å². The van der Waals surface area contributed by atoms with E-state index in [0.717, 1.165) is 0 Å².